The summed E-state index contributed by atoms with van der Waals surface area (Å²) in [7, 11) is 0. The lowest BCUT2D eigenvalue weighted by Gasteiger charge is -2.15. The van der Waals surface area contributed by atoms with Crippen LogP contribution >= 0.6 is 0 Å². The average Bonchev–Trinajstić information content (AvgIpc) is 2.43. The molecule has 0 saturated heterocycles. The highest BCUT2D eigenvalue weighted by atomic mass is 14.1. The summed E-state index contributed by atoms with van der Waals surface area (Å²) in [6, 6.07) is 0. The highest BCUT2D eigenvalue weighted by Crippen LogP contribution is 2.24. The lowest BCUT2D eigenvalue weighted by molar-refractivity contribution is 0.504. The molecule has 1 fully saturated rings. The Bertz CT molecular complexity index is 284. The molecular formula is C18H30B. The molecule has 0 heterocycles. The van der Waals surface area contributed by atoms with Gasteiger partial charge < -0.3 is 0 Å². The fourth-order valence-corrected chi connectivity index (χ4v) is 2.75. The fraction of sp³-hybridized carbons (Fsp3) is 0.667. The first-order valence-electron chi connectivity index (χ1n) is 7.50. The second kappa shape index (κ2) is 8.45. The minimum Gasteiger partial charge on any atom is -0.0533 e. The van der Waals surface area contributed by atoms with Gasteiger partial charge in [-0.15, -0.1) is 0 Å². The molecule has 1 aromatic rings. The summed E-state index contributed by atoms with van der Waals surface area (Å²) in [4.78, 5) is 0. The number of hydrogen-bond acceptors (Lipinski definition) is 0. The van der Waals surface area contributed by atoms with Crippen LogP contribution in [0.1, 0.15) is 71.9 Å². The van der Waals surface area contributed by atoms with E-state index in [1.54, 1.807) is 0 Å². The number of benzene rings is 1. The van der Waals surface area contributed by atoms with Crippen molar-refractivity contribution < 1.29 is 0 Å². The third kappa shape index (κ3) is 4.71. The highest BCUT2D eigenvalue weighted by Gasteiger charge is 2.07. The van der Waals surface area contributed by atoms with Crippen molar-refractivity contribution in [2.24, 2.45) is 0 Å². The molecule has 1 aromatic carbocycles. The van der Waals surface area contributed by atoms with Crippen LogP contribution in [0, 0.1) is 41.5 Å². The van der Waals surface area contributed by atoms with Crippen molar-refractivity contribution in [2.45, 2.75) is 80.1 Å². The monoisotopic (exact) mass is 257 g/mol. The van der Waals surface area contributed by atoms with Gasteiger partial charge in [-0.25, -0.2) is 0 Å². The van der Waals surface area contributed by atoms with Gasteiger partial charge in [-0.05, 0) is 74.9 Å². The third-order valence-corrected chi connectivity index (χ3v) is 4.88. The van der Waals surface area contributed by atoms with Crippen molar-refractivity contribution in [3.63, 3.8) is 0 Å². The van der Waals surface area contributed by atoms with Crippen molar-refractivity contribution in [3.05, 3.63) is 33.4 Å². The molecule has 1 heteroatoms. The van der Waals surface area contributed by atoms with Crippen molar-refractivity contribution >= 4 is 8.41 Å². The Kier molecular flexibility index (Phi) is 8.14. The van der Waals surface area contributed by atoms with Crippen molar-refractivity contribution in [2.75, 3.05) is 0 Å². The van der Waals surface area contributed by atoms with Crippen molar-refractivity contribution in [3.8, 4) is 0 Å². The van der Waals surface area contributed by atoms with Gasteiger partial charge in [0.1, 0.15) is 0 Å². The maximum absolute atomic E-state index is 2.21. The van der Waals surface area contributed by atoms with Crippen molar-refractivity contribution in [1.29, 1.82) is 0 Å². The predicted octanol–water partition coefficient (Wildman–Crippen LogP) is 5.50. The minimum absolute atomic E-state index is 0. The van der Waals surface area contributed by atoms with Crippen LogP contribution in [-0.4, -0.2) is 8.41 Å². The molecule has 0 bridgehead atoms. The van der Waals surface area contributed by atoms with E-state index in [2.05, 4.69) is 41.5 Å². The van der Waals surface area contributed by atoms with E-state index >= 15 is 0 Å². The Labute approximate surface area is 122 Å². The summed E-state index contributed by atoms with van der Waals surface area (Å²) < 4.78 is 0. The Morgan fingerprint density at radius 2 is 0.474 bits per heavy atom. The smallest absolute Gasteiger partial charge is 0 e. The minimum atomic E-state index is 0. The third-order valence-electron chi connectivity index (χ3n) is 4.88. The SMILES string of the molecule is C1CCCCC1.Cc1c(C)c(C)c(C)c(C)c1C.[B]. The van der Waals surface area contributed by atoms with Gasteiger partial charge in [-0.2, -0.15) is 0 Å². The van der Waals surface area contributed by atoms with Crippen LogP contribution < -0.4 is 0 Å². The van der Waals surface area contributed by atoms with Crippen LogP contribution in [-0.2, 0) is 0 Å². The Balaban J connectivity index is 0.000000392. The van der Waals surface area contributed by atoms with Gasteiger partial charge in [-0.1, -0.05) is 38.5 Å². The highest BCUT2D eigenvalue weighted by molar-refractivity contribution is 5.75. The van der Waals surface area contributed by atoms with Gasteiger partial charge in [0.25, 0.3) is 0 Å². The molecule has 0 nitrogen and oxygen atoms in total. The summed E-state index contributed by atoms with van der Waals surface area (Å²) in [6.07, 6.45) is 9.00. The summed E-state index contributed by atoms with van der Waals surface area (Å²) in [5.74, 6) is 0. The molecule has 0 aromatic heterocycles. The summed E-state index contributed by atoms with van der Waals surface area (Å²) >= 11 is 0. The molecular weight excluding hydrogens is 227 g/mol. The van der Waals surface area contributed by atoms with E-state index in [1.165, 1.54) is 71.9 Å². The van der Waals surface area contributed by atoms with E-state index < -0.39 is 0 Å². The molecule has 0 amide bonds. The summed E-state index contributed by atoms with van der Waals surface area (Å²) in [6.45, 7) is 13.3. The van der Waals surface area contributed by atoms with Crippen LogP contribution in [0.15, 0.2) is 0 Å². The first kappa shape index (κ1) is 18.3. The van der Waals surface area contributed by atoms with E-state index in [4.69, 9.17) is 0 Å². The molecule has 0 unspecified atom stereocenters. The van der Waals surface area contributed by atoms with E-state index in [1.807, 2.05) is 0 Å². The lowest BCUT2D eigenvalue weighted by Crippen LogP contribution is -1.98. The van der Waals surface area contributed by atoms with Crippen LogP contribution in [0.25, 0.3) is 0 Å². The molecule has 1 aliphatic rings. The Morgan fingerprint density at radius 3 is 0.579 bits per heavy atom. The molecule has 0 aliphatic heterocycles. The molecule has 1 aliphatic carbocycles. The molecule has 2 rings (SSSR count). The maximum atomic E-state index is 2.21. The van der Waals surface area contributed by atoms with Crippen LogP contribution in [0.4, 0.5) is 0 Å². The molecule has 19 heavy (non-hydrogen) atoms. The van der Waals surface area contributed by atoms with E-state index in [0.29, 0.717) is 0 Å². The maximum Gasteiger partial charge on any atom is 0 e. The lowest BCUT2D eigenvalue weighted by atomic mass is 9.90. The second-order valence-corrected chi connectivity index (χ2v) is 5.87. The zero-order chi connectivity index (χ0) is 13.7. The molecule has 105 valence electrons. The fourth-order valence-electron chi connectivity index (χ4n) is 2.75. The van der Waals surface area contributed by atoms with E-state index in [9.17, 15) is 0 Å². The molecule has 0 N–H and O–H groups in total. The van der Waals surface area contributed by atoms with Gasteiger partial charge in [0.15, 0.2) is 0 Å². The Hall–Kier alpha value is -0.715. The van der Waals surface area contributed by atoms with Gasteiger partial charge in [0, 0.05) is 8.41 Å². The summed E-state index contributed by atoms with van der Waals surface area (Å²) in [5.41, 5.74) is 8.73. The molecule has 0 spiro atoms. The number of hydrogen-bond donors (Lipinski definition) is 0. The van der Waals surface area contributed by atoms with Gasteiger partial charge in [-0.3, -0.25) is 0 Å². The molecule has 1 saturated carbocycles. The second-order valence-electron chi connectivity index (χ2n) is 5.87. The Morgan fingerprint density at radius 1 is 0.368 bits per heavy atom. The van der Waals surface area contributed by atoms with Crippen LogP contribution in [0.3, 0.4) is 0 Å². The zero-order valence-corrected chi connectivity index (χ0v) is 13.8. The molecule has 0 atom stereocenters. The summed E-state index contributed by atoms with van der Waals surface area (Å²) in [5, 5.41) is 0. The van der Waals surface area contributed by atoms with Gasteiger partial charge in [0.05, 0.1) is 0 Å². The quantitative estimate of drug-likeness (QED) is 0.538. The molecule has 3 radical (unpaired) electrons. The van der Waals surface area contributed by atoms with Crippen LogP contribution in [0.2, 0.25) is 0 Å². The predicted molar refractivity (Wildman–Crippen MR) is 88.3 cm³/mol. The normalized spacial score (nSPS) is 14.2. The van der Waals surface area contributed by atoms with Crippen LogP contribution in [0.5, 0.6) is 0 Å². The topological polar surface area (TPSA) is 0 Å². The largest absolute Gasteiger partial charge is 0.0533 e. The van der Waals surface area contributed by atoms with Gasteiger partial charge in [0.2, 0.25) is 0 Å². The zero-order valence-electron chi connectivity index (χ0n) is 13.8. The number of rotatable bonds is 0. The first-order chi connectivity index (χ1) is 8.46. The van der Waals surface area contributed by atoms with Crippen molar-refractivity contribution in [1.82, 2.24) is 0 Å². The average molecular weight is 257 g/mol. The van der Waals surface area contributed by atoms with E-state index in [-0.39, 0.29) is 8.41 Å². The van der Waals surface area contributed by atoms with E-state index in [0.717, 1.165) is 0 Å². The standard InChI is InChI=1S/C12H18.C6H12.B/c1-7-8(2)10(4)12(6)11(5)9(7)3;1-2-4-6-5-3-1;/h1-6H3;1-6H2;. The van der Waals surface area contributed by atoms with Gasteiger partial charge >= 0.3 is 0 Å². The first-order valence-corrected chi connectivity index (χ1v) is 7.50.